The molecule has 0 N–H and O–H groups in total. The molecule has 2 heterocycles. The van der Waals surface area contributed by atoms with Crippen molar-refractivity contribution < 1.29 is 9.53 Å². The number of para-hydroxylation sites is 1. The summed E-state index contributed by atoms with van der Waals surface area (Å²) in [5.41, 5.74) is 0.895. The van der Waals surface area contributed by atoms with Gasteiger partial charge in [0.2, 0.25) is 5.95 Å². The average molecular weight is 492 g/mol. The van der Waals surface area contributed by atoms with E-state index in [2.05, 4.69) is 36.4 Å². The van der Waals surface area contributed by atoms with E-state index in [9.17, 15) is 4.79 Å². The third-order valence-electron chi connectivity index (χ3n) is 4.87. The van der Waals surface area contributed by atoms with Crippen LogP contribution in [0.3, 0.4) is 0 Å². The number of nitrogens with zero attached hydrogens (tertiary/aromatic N) is 6. The zero-order chi connectivity index (χ0) is 21.1. The van der Waals surface area contributed by atoms with Crippen LogP contribution in [0.5, 0.6) is 5.75 Å². The van der Waals surface area contributed by atoms with Gasteiger partial charge < -0.3 is 14.5 Å². The van der Waals surface area contributed by atoms with Crippen LogP contribution in [-0.4, -0.2) is 63.3 Å². The number of carbonyl (C=O) groups is 1. The number of hydrogen-bond acceptors (Lipinski definition) is 6. The van der Waals surface area contributed by atoms with Crippen molar-refractivity contribution in [1.82, 2.24) is 25.1 Å². The van der Waals surface area contributed by atoms with Crippen LogP contribution in [0, 0.1) is 0 Å². The van der Waals surface area contributed by atoms with Gasteiger partial charge in [-0.25, -0.2) is 0 Å². The lowest BCUT2D eigenvalue weighted by molar-refractivity contribution is -0.138. The lowest BCUT2D eigenvalue weighted by Crippen LogP contribution is -2.52. The number of carbonyl (C=O) groups excluding carboxylic acids is 1. The SMILES string of the molecule is CC(Oc1ccc(Cl)cc1Br)C(=O)N1CCN(c2nnnn2-c2ccccc2)CC1. The number of tetrazole rings is 1. The van der Waals surface area contributed by atoms with Crippen LogP contribution in [0.15, 0.2) is 53.0 Å². The first-order valence-corrected chi connectivity index (χ1v) is 10.7. The Bertz CT molecular complexity index is 1020. The van der Waals surface area contributed by atoms with Gasteiger partial charge in [-0.2, -0.15) is 4.68 Å². The molecule has 2 aromatic carbocycles. The van der Waals surface area contributed by atoms with Gasteiger partial charge in [-0.05, 0) is 63.6 Å². The molecule has 1 aromatic heterocycles. The minimum Gasteiger partial charge on any atom is -0.480 e. The summed E-state index contributed by atoms with van der Waals surface area (Å²) in [5, 5.41) is 12.7. The molecule has 156 valence electrons. The smallest absolute Gasteiger partial charge is 0.263 e. The molecule has 0 bridgehead atoms. The maximum Gasteiger partial charge on any atom is 0.263 e. The standard InChI is InChI=1S/C20H20BrClN6O2/c1-14(30-18-8-7-15(22)13-17(18)21)19(29)26-9-11-27(12-10-26)20-23-24-25-28(20)16-5-3-2-4-6-16/h2-8,13-14H,9-12H2,1H3. The molecule has 1 amide bonds. The number of benzene rings is 2. The fourth-order valence-corrected chi connectivity index (χ4v) is 4.09. The van der Waals surface area contributed by atoms with Crippen LogP contribution in [0.25, 0.3) is 5.69 Å². The van der Waals surface area contributed by atoms with Crippen molar-refractivity contribution in [3.05, 3.63) is 58.0 Å². The highest BCUT2D eigenvalue weighted by Gasteiger charge is 2.28. The van der Waals surface area contributed by atoms with Gasteiger partial charge in [0, 0.05) is 31.2 Å². The zero-order valence-electron chi connectivity index (χ0n) is 16.3. The number of hydrogen-bond donors (Lipinski definition) is 0. The lowest BCUT2D eigenvalue weighted by Gasteiger charge is -2.35. The van der Waals surface area contributed by atoms with E-state index in [1.54, 1.807) is 29.8 Å². The minimum absolute atomic E-state index is 0.0563. The summed E-state index contributed by atoms with van der Waals surface area (Å²) in [7, 11) is 0. The molecule has 1 unspecified atom stereocenters. The minimum atomic E-state index is -0.608. The average Bonchev–Trinajstić information content (AvgIpc) is 3.26. The molecule has 1 aliphatic rings. The molecule has 0 saturated carbocycles. The number of amides is 1. The van der Waals surface area contributed by atoms with Crippen molar-refractivity contribution in [2.24, 2.45) is 0 Å². The Balaban J connectivity index is 1.38. The Morgan fingerprint density at radius 1 is 1.13 bits per heavy atom. The molecule has 8 nitrogen and oxygen atoms in total. The van der Waals surface area contributed by atoms with Crippen molar-refractivity contribution in [1.29, 1.82) is 0 Å². The Kier molecular flexibility index (Phi) is 6.19. The zero-order valence-corrected chi connectivity index (χ0v) is 18.6. The summed E-state index contributed by atoms with van der Waals surface area (Å²) in [6.07, 6.45) is -0.608. The Hall–Kier alpha value is -2.65. The van der Waals surface area contributed by atoms with Crippen molar-refractivity contribution in [3.8, 4) is 11.4 Å². The van der Waals surface area contributed by atoms with Crippen molar-refractivity contribution >= 4 is 39.4 Å². The number of ether oxygens (including phenoxy) is 1. The van der Waals surface area contributed by atoms with Crippen LogP contribution in [-0.2, 0) is 4.79 Å². The molecular formula is C20H20BrClN6O2. The Morgan fingerprint density at radius 3 is 2.57 bits per heavy atom. The Labute approximate surface area is 187 Å². The number of rotatable bonds is 5. The van der Waals surface area contributed by atoms with E-state index in [0.29, 0.717) is 47.4 Å². The van der Waals surface area contributed by atoms with E-state index in [1.165, 1.54) is 0 Å². The molecule has 0 radical (unpaired) electrons. The van der Waals surface area contributed by atoms with Crippen LogP contribution < -0.4 is 9.64 Å². The lowest BCUT2D eigenvalue weighted by atomic mass is 10.2. The first kappa shape index (κ1) is 20.6. The fraction of sp³-hybridized carbons (Fsp3) is 0.300. The van der Waals surface area contributed by atoms with E-state index < -0.39 is 6.10 Å². The van der Waals surface area contributed by atoms with E-state index in [-0.39, 0.29) is 5.91 Å². The van der Waals surface area contributed by atoms with E-state index in [4.69, 9.17) is 16.3 Å². The molecule has 0 aliphatic carbocycles. The van der Waals surface area contributed by atoms with Gasteiger partial charge >= 0.3 is 0 Å². The van der Waals surface area contributed by atoms with Gasteiger partial charge in [0.05, 0.1) is 10.2 Å². The van der Waals surface area contributed by atoms with Crippen LogP contribution in [0.2, 0.25) is 5.02 Å². The van der Waals surface area contributed by atoms with Crippen LogP contribution in [0.1, 0.15) is 6.92 Å². The van der Waals surface area contributed by atoms with Gasteiger partial charge in [-0.3, -0.25) is 4.79 Å². The second-order valence-corrected chi connectivity index (χ2v) is 8.16. The molecule has 1 fully saturated rings. The Morgan fingerprint density at radius 2 is 1.87 bits per heavy atom. The van der Waals surface area contributed by atoms with Gasteiger partial charge in [-0.1, -0.05) is 34.9 Å². The summed E-state index contributed by atoms with van der Waals surface area (Å²) in [5.74, 6) is 1.20. The summed E-state index contributed by atoms with van der Waals surface area (Å²) in [6, 6.07) is 15.0. The highest BCUT2D eigenvalue weighted by molar-refractivity contribution is 9.10. The predicted molar refractivity (Wildman–Crippen MR) is 117 cm³/mol. The summed E-state index contributed by atoms with van der Waals surface area (Å²) in [6.45, 7) is 4.16. The molecule has 1 saturated heterocycles. The van der Waals surface area contributed by atoms with E-state index in [1.807, 2.05) is 35.2 Å². The van der Waals surface area contributed by atoms with Gasteiger partial charge in [-0.15, -0.1) is 0 Å². The summed E-state index contributed by atoms with van der Waals surface area (Å²) in [4.78, 5) is 16.7. The maximum absolute atomic E-state index is 12.9. The second kappa shape index (κ2) is 9.01. The van der Waals surface area contributed by atoms with Gasteiger partial charge in [0.15, 0.2) is 6.10 Å². The highest BCUT2D eigenvalue weighted by atomic mass is 79.9. The first-order chi connectivity index (χ1) is 14.5. The van der Waals surface area contributed by atoms with Crippen LogP contribution >= 0.6 is 27.5 Å². The van der Waals surface area contributed by atoms with Gasteiger partial charge in [0.1, 0.15) is 5.75 Å². The van der Waals surface area contributed by atoms with Crippen LogP contribution in [0.4, 0.5) is 5.95 Å². The highest BCUT2D eigenvalue weighted by Crippen LogP contribution is 2.29. The second-order valence-electron chi connectivity index (χ2n) is 6.87. The topological polar surface area (TPSA) is 76.4 Å². The number of piperazine rings is 1. The molecule has 1 atom stereocenters. The molecule has 30 heavy (non-hydrogen) atoms. The molecular weight excluding hydrogens is 472 g/mol. The number of halogens is 2. The van der Waals surface area contributed by atoms with Crippen molar-refractivity contribution in [2.45, 2.75) is 13.0 Å². The number of aromatic nitrogens is 4. The third-order valence-corrected chi connectivity index (χ3v) is 5.73. The first-order valence-electron chi connectivity index (χ1n) is 9.52. The quantitative estimate of drug-likeness (QED) is 0.546. The van der Waals surface area contributed by atoms with E-state index >= 15 is 0 Å². The monoisotopic (exact) mass is 490 g/mol. The van der Waals surface area contributed by atoms with Gasteiger partial charge in [0.25, 0.3) is 5.91 Å². The normalized spacial score (nSPS) is 15.2. The molecule has 3 aromatic rings. The molecule has 1 aliphatic heterocycles. The molecule has 10 heteroatoms. The molecule has 4 rings (SSSR count). The maximum atomic E-state index is 12.9. The number of anilines is 1. The third kappa shape index (κ3) is 4.41. The summed E-state index contributed by atoms with van der Waals surface area (Å²) >= 11 is 9.38. The van der Waals surface area contributed by atoms with Crippen molar-refractivity contribution in [3.63, 3.8) is 0 Å². The fourth-order valence-electron chi connectivity index (χ4n) is 3.31. The summed E-state index contributed by atoms with van der Waals surface area (Å²) < 4.78 is 8.27. The predicted octanol–water partition coefficient (Wildman–Crippen LogP) is 3.19. The largest absolute Gasteiger partial charge is 0.480 e. The van der Waals surface area contributed by atoms with Crippen molar-refractivity contribution in [2.75, 3.05) is 31.1 Å². The van der Waals surface area contributed by atoms with E-state index in [0.717, 1.165) is 5.69 Å². The molecule has 0 spiro atoms.